The van der Waals surface area contributed by atoms with Crippen molar-refractivity contribution in [2.24, 2.45) is 0 Å². The molecule has 6 nitrogen and oxygen atoms in total. The van der Waals surface area contributed by atoms with E-state index in [2.05, 4.69) is 10.6 Å². The lowest BCUT2D eigenvalue weighted by Crippen LogP contribution is -2.22. The molecular weight excluding hydrogens is 634 g/mol. The third-order valence-corrected chi connectivity index (χ3v) is 7.55. The Balaban J connectivity index is 2.08. The van der Waals surface area contributed by atoms with Crippen LogP contribution in [-0.4, -0.2) is 62.9 Å². The standard InChI is InChI=1S/C33H37ClF6N4O2/c1-20-10-11-24(18-26(20)32(35,36)37)42-31(46)29-21(8-6-14-43(2)3)16-23(17-22(29)9-7-15-44(4)5)30(45)41-25-12-13-28(34)27(19-25)33(38,39)40/h10-13,16-19H,6-9,14-15H2,1-5H3,(H,41,45)(H,42,46). The van der Waals surface area contributed by atoms with E-state index in [0.29, 0.717) is 49.9 Å². The first-order valence-electron chi connectivity index (χ1n) is 14.5. The van der Waals surface area contributed by atoms with Crippen molar-refractivity contribution in [1.29, 1.82) is 0 Å². The minimum Gasteiger partial charge on any atom is -0.322 e. The number of alkyl halides is 6. The van der Waals surface area contributed by atoms with E-state index >= 15 is 0 Å². The molecule has 0 fully saturated rings. The fourth-order valence-electron chi connectivity index (χ4n) is 4.98. The molecule has 0 saturated heterocycles. The summed E-state index contributed by atoms with van der Waals surface area (Å²) in [6, 6.07) is 9.61. The fourth-order valence-corrected chi connectivity index (χ4v) is 5.20. The Kier molecular flexibility index (Phi) is 12.3. The van der Waals surface area contributed by atoms with Crippen LogP contribution in [0.3, 0.4) is 0 Å². The molecule has 0 unspecified atom stereocenters. The summed E-state index contributed by atoms with van der Waals surface area (Å²) < 4.78 is 81.0. The highest BCUT2D eigenvalue weighted by Crippen LogP contribution is 2.37. The largest absolute Gasteiger partial charge is 0.417 e. The number of anilines is 2. The highest BCUT2D eigenvalue weighted by molar-refractivity contribution is 6.31. The van der Waals surface area contributed by atoms with Crippen molar-refractivity contribution in [1.82, 2.24) is 9.80 Å². The van der Waals surface area contributed by atoms with Crippen LogP contribution in [0.1, 0.15) is 61.4 Å². The molecule has 2 N–H and O–H groups in total. The Labute approximate surface area is 269 Å². The van der Waals surface area contributed by atoms with E-state index in [1.807, 2.05) is 38.0 Å². The monoisotopic (exact) mass is 670 g/mol. The number of aryl methyl sites for hydroxylation is 3. The SMILES string of the molecule is Cc1ccc(NC(=O)c2c(CCCN(C)C)cc(C(=O)Nc3ccc(Cl)c(C(F)(F)F)c3)cc2CCCN(C)C)cc1C(F)(F)F. The topological polar surface area (TPSA) is 64.7 Å². The number of carbonyl (C=O) groups excluding carboxylic acids is 2. The molecule has 2 amide bonds. The van der Waals surface area contributed by atoms with Crippen molar-refractivity contribution in [3.05, 3.63) is 92.5 Å². The molecule has 3 rings (SSSR count). The van der Waals surface area contributed by atoms with E-state index in [1.54, 1.807) is 0 Å². The first-order chi connectivity index (χ1) is 21.4. The van der Waals surface area contributed by atoms with Crippen molar-refractivity contribution in [2.45, 2.75) is 45.0 Å². The molecule has 0 radical (unpaired) electrons. The Morgan fingerprint density at radius 1 is 0.696 bits per heavy atom. The molecule has 0 aromatic heterocycles. The van der Waals surface area contributed by atoms with Gasteiger partial charge in [0.05, 0.1) is 16.1 Å². The lowest BCUT2D eigenvalue weighted by Gasteiger charge is -2.20. The van der Waals surface area contributed by atoms with Gasteiger partial charge in [0.2, 0.25) is 0 Å². The molecule has 250 valence electrons. The molecular formula is C33H37ClF6N4O2. The summed E-state index contributed by atoms with van der Waals surface area (Å²) in [4.78, 5) is 31.1. The van der Waals surface area contributed by atoms with E-state index in [4.69, 9.17) is 11.6 Å². The minimum absolute atomic E-state index is 0.0117. The highest BCUT2D eigenvalue weighted by Gasteiger charge is 2.34. The number of rotatable bonds is 12. The molecule has 3 aromatic carbocycles. The molecule has 0 bridgehead atoms. The van der Waals surface area contributed by atoms with Crippen LogP contribution >= 0.6 is 11.6 Å². The average Bonchev–Trinajstić information content (AvgIpc) is 2.93. The van der Waals surface area contributed by atoms with E-state index in [1.165, 1.54) is 37.3 Å². The van der Waals surface area contributed by atoms with Gasteiger partial charge in [-0.3, -0.25) is 9.59 Å². The van der Waals surface area contributed by atoms with Crippen LogP contribution in [0, 0.1) is 6.92 Å². The summed E-state index contributed by atoms with van der Waals surface area (Å²) in [7, 11) is 7.50. The van der Waals surface area contributed by atoms with Crippen molar-refractivity contribution < 1.29 is 35.9 Å². The molecule has 0 aliphatic rings. The molecule has 0 aliphatic carbocycles. The zero-order chi connectivity index (χ0) is 34.4. The summed E-state index contributed by atoms with van der Waals surface area (Å²) >= 11 is 5.73. The molecule has 3 aromatic rings. The smallest absolute Gasteiger partial charge is 0.322 e. The maximum absolute atomic E-state index is 13.8. The van der Waals surface area contributed by atoms with Crippen LogP contribution in [0.5, 0.6) is 0 Å². The van der Waals surface area contributed by atoms with Crippen LogP contribution < -0.4 is 10.6 Å². The van der Waals surface area contributed by atoms with Gasteiger partial charge in [0.1, 0.15) is 0 Å². The van der Waals surface area contributed by atoms with Crippen molar-refractivity contribution in [2.75, 3.05) is 51.9 Å². The Morgan fingerprint density at radius 2 is 1.15 bits per heavy atom. The Morgan fingerprint density at radius 3 is 1.63 bits per heavy atom. The number of hydrogen-bond acceptors (Lipinski definition) is 4. The second-order valence-corrected chi connectivity index (χ2v) is 12.0. The second kappa shape index (κ2) is 15.3. The zero-order valence-corrected chi connectivity index (χ0v) is 27.0. The summed E-state index contributed by atoms with van der Waals surface area (Å²) in [6.45, 7) is 2.62. The maximum atomic E-state index is 13.8. The summed E-state index contributed by atoms with van der Waals surface area (Å²) in [5.41, 5.74) is -0.772. The molecule has 0 spiro atoms. The Hall–Kier alpha value is -3.61. The van der Waals surface area contributed by atoms with Crippen molar-refractivity contribution in [3.8, 4) is 0 Å². The van der Waals surface area contributed by atoms with Gasteiger partial charge in [-0.15, -0.1) is 0 Å². The number of carbonyl (C=O) groups is 2. The maximum Gasteiger partial charge on any atom is 0.417 e. The van der Waals surface area contributed by atoms with Crippen LogP contribution in [-0.2, 0) is 25.2 Å². The first kappa shape index (κ1) is 36.9. The van der Waals surface area contributed by atoms with E-state index in [9.17, 15) is 35.9 Å². The van der Waals surface area contributed by atoms with Gasteiger partial charge in [0.25, 0.3) is 11.8 Å². The van der Waals surface area contributed by atoms with E-state index in [-0.39, 0.29) is 28.1 Å². The average molecular weight is 671 g/mol. The van der Waals surface area contributed by atoms with Gasteiger partial charge in [0.15, 0.2) is 0 Å². The number of benzene rings is 3. The zero-order valence-electron chi connectivity index (χ0n) is 26.2. The highest BCUT2D eigenvalue weighted by atomic mass is 35.5. The predicted octanol–water partition coefficient (Wildman–Crippen LogP) is 8.18. The fraction of sp³-hybridized carbons (Fsp3) is 0.394. The van der Waals surface area contributed by atoms with Gasteiger partial charge in [-0.1, -0.05) is 17.7 Å². The van der Waals surface area contributed by atoms with Gasteiger partial charge < -0.3 is 20.4 Å². The van der Waals surface area contributed by atoms with E-state index in [0.717, 1.165) is 18.2 Å². The third-order valence-electron chi connectivity index (χ3n) is 7.22. The number of amides is 2. The number of hydrogen-bond donors (Lipinski definition) is 2. The van der Waals surface area contributed by atoms with Gasteiger partial charge in [0, 0.05) is 22.5 Å². The Bertz CT molecular complexity index is 1520. The first-order valence-corrected chi connectivity index (χ1v) is 14.9. The van der Waals surface area contributed by atoms with Gasteiger partial charge in [-0.05, 0) is 133 Å². The van der Waals surface area contributed by atoms with Gasteiger partial charge in [-0.25, -0.2) is 0 Å². The van der Waals surface area contributed by atoms with Crippen LogP contribution in [0.25, 0.3) is 0 Å². The van der Waals surface area contributed by atoms with Crippen LogP contribution in [0.15, 0.2) is 48.5 Å². The molecule has 46 heavy (non-hydrogen) atoms. The van der Waals surface area contributed by atoms with Gasteiger partial charge in [-0.2, -0.15) is 26.3 Å². The summed E-state index contributed by atoms with van der Waals surface area (Å²) in [6.07, 6.45) is -7.47. The third kappa shape index (κ3) is 10.2. The lowest BCUT2D eigenvalue weighted by molar-refractivity contribution is -0.138. The molecule has 0 atom stereocenters. The molecule has 0 saturated carbocycles. The van der Waals surface area contributed by atoms with Crippen molar-refractivity contribution >= 4 is 34.8 Å². The number of nitrogens with zero attached hydrogens (tertiary/aromatic N) is 2. The van der Waals surface area contributed by atoms with E-state index < -0.39 is 40.3 Å². The summed E-state index contributed by atoms with van der Waals surface area (Å²) in [5, 5.41) is 4.59. The minimum atomic E-state index is -4.73. The van der Waals surface area contributed by atoms with Crippen LogP contribution in [0.2, 0.25) is 5.02 Å². The summed E-state index contributed by atoms with van der Waals surface area (Å²) in [5.74, 6) is -1.32. The predicted molar refractivity (Wildman–Crippen MR) is 169 cm³/mol. The molecule has 0 heterocycles. The molecule has 13 heteroatoms. The second-order valence-electron chi connectivity index (χ2n) is 11.6. The number of halogens is 7. The normalized spacial score (nSPS) is 12.1. The molecule has 0 aliphatic heterocycles. The van der Waals surface area contributed by atoms with Gasteiger partial charge >= 0.3 is 12.4 Å². The quantitative estimate of drug-likeness (QED) is 0.191. The van der Waals surface area contributed by atoms with Crippen LogP contribution in [0.4, 0.5) is 37.7 Å². The lowest BCUT2D eigenvalue weighted by atomic mass is 9.91. The number of nitrogens with one attached hydrogen (secondary N) is 2. The van der Waals surface area contributed by atoms with Crippen molar-refractivity contribution in [3.63, 3.8) is 0 Å².